The van der Waals surface area contributed by atoms with Crippen molar-refractivity contribution in [2.24, 2.45) is 0 Å². The van der Waals surface area contributed by atoms with Crippen molar-refractivity contribution in [3.05, 3.63) is 182 Å². The summed E-state index contributed by atoms with van der Waals surface area (Å²) in [5.41, 5.74) is 0. The number of ether oxygens (including phenoxy) is 4. The van der Waals surface area contributed by atoms with Gasteiger partial charge in [0.15, 0.2) is 12.2 Å². The number of rotatable bonds is 77. The van der Waals surface area contributed by atoms with Crippen LogP contribution in [0.2, 0.25) is 0 Å². The molecule has 3 N–H and O–H groups in total. The molecule has 0 aliphatic rings. The molecule has 0 saturated carbocycles. The molecule has 0 aromatic rings. The minimum absolute atomic E-state index is 0.0255. The number of phosphoric ester groups is 2. The van der Waals surface area contributed by atoms with Crippen LogP contribution in [0.15, 0.2) is 182 Å². The molecule has 0 radical (unpaired) electrons. The maximum atomic E-state index is 13.1. The minimum Gasteiger partial charge on any atom is -0.462 e. The molecule has 0 aromatic heterocycles. The standard InChI is InChI=1S/C91H148O17P2/c1-5-9-13-17-21-25-29-33-37-40-42-45-49-52-56-60-64-68-72-76-89(94)102-82-87(108-91(96)78-74-70-66-62-58-54-50-46-43-41-38-34-30-26-22-18-14-10-6-2)84-106-110(99,100)104-80-85(92)79-103-109(97,98)105-83-86(107-90(95)77-73-69-65-61-57-53-47-36-32-28-24-20-16-12-8-4)81-101-88(93)75-71-67-63-59-55-51-48-44-39-35-31-27-23-19-15-11-7-3/h9,11,13,15,21-23,25-27,33-39,42-43,45-48,51-52,56,59,63-64,68,85-87,92H,5-8,10,12,14,16-20,24,28-32,40-41,44,49-50,53-55,57-58,60-62,65-67,69-84H2,1-4H3,(H,97,98)(H,99,100)/b13-9-,15-11-,25-21-,26-22-,27-23-,37-33-,38-34-,39-35-,45-42-,46-43-,47-36-,51-48-,56-52-,63-59-,68-64-. The Labute approximate surface area is 666 Å². The fraction of sp³-hybridized carbons (Fsp3) is 0.626. The zero-order valence-electron chi connectivity index (χ0n) is 68.4. The number of hydrogen-bond acceptors (Lipinski definition) is 15. The van der Waals surface area contributed by atoms with E-state index in [1.54, 1.807) is 0 Å². The van der Waals surface area contributed by atoms with Crippen molar-refractivity contribution in [1.82, 2.24) is 0 Å². The summed E-state index contributed by atoms with van der Waals surface area (Å²) in [6.45, 7) is 4.44. The van der Waals surface area contributed by atoms with Crippen molar-refractivity contribution in [2.45, 2.75) is 329 Å². The van der Waals surface area contributed by atoms with Crippen molar-refractivity contribution in [1.29, 1.82) is 0 Å². The second-order valence-electron chi connectivity index (χ2n) is 27.3. The molecule has 0 fully saturated rings. The van der Waals surface area contributed by atoms with Crippen LogP contribution < -0.4 is 0 Å². The van der Waals surface area contributed by atoms with E-state index >= 15 is 0 Å². The third-order valence-corrected chi connectivity index (χ3v) is 18.7. The summed E-state index contributed by atoms with van der Waals surface area (Å²) >= 11 is 0. The van der Waals surface area contributed by atoms with E-state index in [1.807, 2.05) is 30.4 Å². The number of allylic oxidation sites excluding steroid dienone is 30. The topological polar surface area (TPSA) is 237 Å². The Hall–Kier alpha value is -5.84. The summed E-state index contributed by atoms with van der Waals surface area (Å²) in [6, 6.07) is 0. The van der Waals surface area contributed by atoms with Crippen molar-refractivity contribution in [2.75, 3.05) is 39.6 Å². The molecule has 5 atom stereocenters. The fourth-order valence-corrected chi connectivity index (χ4v) is 12.1. The van der Waals surface area contributed by atoms with Gasteiger partial charge >= 0.3 is 39.5 Å². The second kappa shape index (κ2) is 81.2. The Balaban J connectivity index is 5.53. The average molecular weight is 1580 g/mol. The van der Waals surface area contributed by atoms with Gasteiger partial charge in [-0.2, -0.15) is 0 Å². The zero-order chi connectivity index (χ0) is 80.3. The van der Waals surface area contributed by atoms with E-state index in [-0.39, 0.29) is 25.7 Å². The van der Waals surface area contributed by atoms with Crippen LogP contribution in [0.5, 0.6) is 0 Å². The molecule has 0 spiro atoms. The Bertz CT molecular complexity index is 2800. The third-order valence-electron chi connectivity index (χ3n) is 16.8. The van der Waals surface area contributed by atoms with Gasteiger partial charge in [0.1, 0.15) is 19.3 Å². The number of aliphatic hydroxyl groups excluding tert-OH is 1. The molecule has 0 amide bonds. The van der Waals surface area contributed by atoms with Gasteiger partial charge in [-0.1, -0.05) is 300 Å². The summed E-state index contributed by atoms with van der Waals surface area (Å²) in [5, 5.41) is 10.7. The van der Waals surface area contributed by atoms with Crippen molar-refractivity contribution >= 4 is 39.5 Å². The molecular weight excluding hydrogens is 1430 g/mol. The normalized spacial score (nSPS) is 14.7. The van der Waals surface area contributed by atoms with Gasteiger partial charge in [-0.15, -0.1) is 0 Å². The predicted molar refractivity (Wildman–Crippen MR) is 454 cm³/mol. The third kappa shape index (κ3) is 80.2. The molecule has 0 saturated heterocycles. The average Bonchev–Trinajstić information content (AvgIpc) is 0.900. The maximum Gasteiger partial charge on any atom is 0.472 e. The molecule has 0 aliphatic carbocycles. The van der Waals surface area contributed by atoms with Gasteiger partial charge in [-0.05, 0) is 167 Å². The zero-order valence-corrected chi connectivity index (χ0v) is 70.1. The number of aliphatic hydroxyl groups is 1. The van der Waals surface area contributed by atoms with Gasteiger partial charge in [-0.3, -0.25) is 37.3 Å². The molecule has 0 heterocycles. The Kier molecular flexibility index (Phi) is 76.9. The van der Waals surface area contributed by atoms with E-state index in [0.29, 0.717) is 38.5 Å². The molecule has 19 heteroatoms. The van der Waals surface area contributed by atoms with Crippen LogP contribution in [0.1, 0.15) is 310 Å². The molecule has 0 bridgehead atoms. The van der Waals surface area contributed by atoms with Crippen molar-refractivity contribution < 1.29 is 80.2 Å². The first-order chi connectivity index (χ1) is 53.7. The Morgan fingerprint density at radius 2 is 0.500 bits per heavy atom. The molecule has 0 aromatic carbocycles. The molecule has 0 aliphatic heterocycles. The summed E-state index contributed by atoms with van der Waals surface area (Å²) < 4.78 is 68.6. The molecule has 110 heavy (non-hydrogen) atoms. The smallest absolute Gasteiger partial charge is 0.462 e. The van der Waals surface area contributed by atoms with E-state index < -0.39 is 97.5 Å². The fourth-order valence-electron chi connectivity index (χ4n) is 10.5. The summed E-state index contributed by atoms with van der Waals surface area (Å²) in [6.07, 6.45) is 98.8. The Morgan fingerprint density at radius 1 is 0.264 bits per heavy atom. The highest BCUT2D eigenvalue weighted by molar-refractivity contribution is 7.47. The molecule has 624 valence electrons. The lowest BCUT2D eigenvalue weighted by Gasteiger charge is -2.21. The summed E-state index contributed by atoms with van der Waals surface area (Å²) in [4.78, 5) is 73.2. The maximum absolute atomic E-state index is 13.1. The SMILES string of the molecule is CC/C=C\C/C=C\C/C=C\C/C=C\C/C=C\C/C=C\CCC(=O)OCC(COP(=O)(O)OCC(O)COP(=O)(O)OCC(COC(=O)CCC/C=C\C/C=C\C/C=C\C/C=C\C/C=C\CC)OC(=O)CCCCCCC/C=C\CCCCCCCC)OC(=O)CCCCCCCC/C=C\C/C=C\C/C=C\CCCCC. The van der Waals surface area contributed by atoms with Crippen LogP contribution in [0.25, 0.3) is 0 Å². The number of carbonyl (C=O) groups excluding carboxylic acids is 4. The number of phosphoric acid groups is 2. The van der Waals surface area contributed by atoms with Crippen LogP contribution in [0.3, 0.4) is 0 Å². The quantitative estimate of drug-likeness (QED) is 0.0169. The molecule has 5 unspecified atom stereocenters. The first-order valence-corrected chi connectivity index (χ1v) is 45.0. The largest absolute Gasteiger partial charge is 0.472 e. The number of esters is 4. The van der Waals surface area contributed by atoms with Gasteiger partial charge in [0.25, 0.3) is 0 Å². The van der Waals surface area contributed by atoms with Crippen LogP contribution in [0.4, 0.5) is 0 Å². The molecular formula is C91H148O17P2. The van der Waals surface area contributed by atoms with Gasteiger partial charge in [0, 0.05) is 25.7 Å². The first-order valence-electron chi connectivity index (χ1n) is 42.0. The highest BCUT2D eigenvalue weighted by Gasteiger charge is 2.30. The molecule has 0 rings (SSSR count). The van der Waals surface area contributed by atoms with E-state index in [2.05, 4.69) is 180 Å². The van der Waals surface area contributed by atoms with Gasteiger partial charge in [0.2, 0.25) is 0 Å². The van der Waals surface area contributed by atoms with Crippen LogP contribution >= 0.6 is 15.6 Å². The van der Waals surface area contributed by atoms with E-state index in [4.69, 9.17) is 37.0 Å². The van der Waals surface area contributed by atoms with Gasteiger partial charge in [0.05, 0.1) is 26.4 Å². The second-order valence-corrected chi connectivity index (χ2v) is 30.2. The minimum atomic E-state index is -5.01. The van der Waals surface area contributed by atoms with Gasteiger partial charge in [-0.25, -0.2) is 9.13 Å². The number of unbranched alkanes of at least 4 members (excludes halogenated alkanes) is 21. The van der Waals surface area contributed by atoms with E-state index in [9.17, 15) is 43.2 Å². The predicted octanol–water partition coefficient (Wildman–Crippen LogP) is 25.1. The van der Waals surface area contributed by atoms with Crippen molar-refractivity contribution in [3.63, 3.8) is 0 Å². The van der Waals surface area contributed by atoms with E-state index in [0.717, 1.165) is 161 Å². The highest BCUT2D eigenvalue weighted by atomic mass is 31.2. The van der Waals surface area contributed by atoms with Gasteiger partial charge < -0.3 is 33.8 Å². The lowest BCUT2D eigenvalue weighted by atomic mass is 10.1. The van der Waals surface area contributed by atoms with Crippen LogP contribution in [-0.4, -0.2) is 96.7 Å². The molecule has 17 nitrogen and oxygen atoms in total. The monoisotopic (exact) mass is 1580 g/mol. The summed E-state index contributed by atoms with van der Waals surface area (Å²) in [7, 11) is -10.0. The van der Waals surface area contributed by atoms with Crippen LogP contribution in [0, 0.1) is 0 Å². The van der Waals surface area contributed by atoms with E-state index in [1.165, 1.54) is 57.8 Å². The number of hydrogen-bond donors (Lipinski definition) is 3. The first kappa shape index (κ1) is 104. The summed E-state index contributed by atoms with van der Waals surface area (Å²) in [5.74, 6) is -2.37. The lowest BCUT2D eigenvalue weighted by molar-refractivity contribution is -0.161. The Morgan fingerprint density at radius 3 is 0.836 bits per heavy atom. The lowest BCUT2D eigenvalue weighted by Crippen LogP contribution is -2.30. The highest BCUT2D eigenvalue weighted by Crippen LogP contribution is 2.45. The number of carbonyl (C=O) groups is 4. The van der Waals surface area contributed by atoms with Crippen LogP contribution in [-0.2, 0) is 65.4 Å². The van der Waals surface area contributed by atoms with Crippen molar-refractivity contribution in [3.8, 4) is 0 Å².